The van der Waals surface area contributed by atoms with E-state index >= 15 is 0 Å². The summed E-state index contributed by atoms with van der Waals surface area (Å²) in [5, 5.41) is 0. The average molecular weight is 264 g/mol. The van der Waals surface area contributed by atoms with Gasteiger partial charge in [-0.3, -0.25) is 0 Å². The van der Waals surface area contributed by atoms with Gasteiger partial charge in [-0.15, -0.1) is 0 Å². The molecular weight excluding hydrogens is 254 g/mol. The largest absolute Gasteiger partial charge is 0.497 e. The van der Waals surface area contributed by atoms with Crippen LogP contribution in [-0.4, -0.2) is 13.1 Å². The van der Waals surface area contributed by atoms with Crippen LogP contribution in [0.4, 0.5) is 8.78 Å². The summed E-state index contributed by atoms with van der Waals surface area (Å²) < 4.78 is 36.5. The third kappa shape index (κ3) is 2.88. The summed E-state index contributed by atoms with van der Waals surface area (Å²) in [4.78, 5) is 11.7. The van der Waals surface area contributed by atoms with E-state index in [1.807, 2.05) is 0 Å². The molecule has 98 valence electrons. The lowest BCUT2D eigenvalue weighted by Gasteiger charge is -2.06. The maximum atomic E-state index is 13.4. The molecular formula is C14H10F2O3. The Hall–Kier alpha value is -2.43. The predicted octanol–water partition coefficient (Wildman–Crippen LogP) is 3.19. The number of rotatable bonds is 3. The smallest absolute Gasteiger partial charge is 0.349 e. The fraction of sp³-hybridized carbons (Fsp3) is 0.0714. The van der Waals surface area contributed by atoms with Gasteiger partial charge < -0.3 is 9.47 Å². The summed E-state index contributed by atoms with van der Waals surface area (Å²) in [5.74, 6) is -2.25. The number of hydrogen-bond acceptors (Lipinski definition) is 3. The molecule has 0 radical (unpaired) electrons. The third-order valence-corrected chi connectivity index (χ3v) is 2.44. The minimum Gasteiger partial charge on any atom is -0.497 e. The lowest BCUT2D eigenvalue weighted by molar-refractivity contribution is 0.0724. The second-order valence-electron chi connectivity index (χ2n) is 3.66. The van der Waals surface area contributed by atoms with Crippen LogP contribution < -0.4 is 9.47 Å². The molecule has 2 aromatic rings. The summed E-state index contributed by atoms with van der Waals surface area (Å²) in [5.41, 5.74) is -0.710. The van der Waals surface area contributed by atoms with E-state index in [0.717, 1.165) is 12.1 Å². The molecule has 19 heavy (non-hydrogen) atoms. The van der Waals surface area contributed by atoms with E-state index in [9.17, 15) is 13.6 Å². The second-order valence-corrected chi connectivity index (χ2v) is 3.66. The molecule has 0 aliphatic heterocycles. The Morgan fingerprint density at radius 2 is 1.47 bits per heavy atom. The van der Waals surface area contributed by atoms with Crippen molar-refractivity contribution in [2.75, 3.05) is 7.11 Å². The topological polar surface area (TPSA) is 35.5 Å². The first-order valence-electron chi connectivity index (χ1n) is 5.42. The van der Waals surface area contributed by atoms with Crippen LogP contribution in [0.3, 0.4) is 0 Å². The Kier molecular flexibility index (Phi) is 3.75. The van der Waals surface area contributed by atoms with Crippen molar-refractivity contribution < 1.29 is 23.0 Å². The maximum absolute atomic E-state index is 13.4. The van der Waals surface area contributed by atoms with E-state index in [1.165, 1.54) is 25.3 Å². The molecule has 0 aliphatic carbocycles. The van der Waals surface area contributed by atoms with Gasteiger partial charge in [0.2, 0.25) is 0 Å². The van der Waals surface area contributed by atoms with Gasteiger partial charge in [-0.25, -0.2) is 13.6 Å². The van der Waals surface area contributed by atoms with Gasteiger partial charge >= 0.3 is 5.97 Å². The van der Waals surface area contributed by atoms with Crippen LogP contribution >= 0.6 is 0 Å². The van der Waals surface area contributed by atoms with Gasteiger partial charge in [-0.1, -0.05) is 6.07 Å². The molecule has 0 saturated heterocycles. The van der Waals surface area contributed by atoms with E-state index in [4.69, 9.17) is 9.47 Å². The van der Waals surface area contributed by atoms with E-state index < -0.39 is 23.2 Å². The number of carbonyl (C=O) groups excluding carboxylic acids is 1. The van der Waals surface area contributed by atoms with Crippen LogP contribution in [-0.2, 0) is 0 Å². The summed E-state index contributed by atoms with van der Waals surface area (Å²) in [6, 6.07) is 9.24. The molecule has 0 heterocycles. The number of hydrogen-bond donors (Lipinski definition) is 0. The fourth-order valence-electron chi connectivity index (χ4n) is 1.49. The first kappa shape index (κ1) is 13.0. The van der Waals surface area contributed by atoms with E-state index in [2.05, 4.69) is 0 Å². The number of halogens is 2. The van der Waals surface area contributed by atoms with Gasteiger partial charge in [-0.2, -0.15) is 0 Å². The molecule has 0 saturated carbocycles. The molecule has 2 aromatic carbocycles. The first-order chi connectivity index (χ1) is 9.11. The minimum atomic E-state index is -1.08. The van der Waals surface area contributed by atoms with Gasteiger partial charge in [0, 0.05) is 0 Å². The van der Waals surface area contributed by atoms with Crippen LogP contribution in [0.25, 0.3) is 0 Å². The summed E-state index contributed by atoms with van der Waals surface area (Å²) >= 11 is 0. The molecule has 0 N–H and O–H groups in total. The van der Waals surface area contributed by atoms with Crippen molar-refractivity contribution in [3.05, 3.63) is 59.7 Å². The SMILES string of the molecule is COc1ccc(OC(=O)c2c(F)cccc2F)cc1. The van der Waals surface area contributed by atoms with Crippen molar-refractivity contribution in [1.29, 1.82) is 0 Å². The van der Waals surface area contributed by atoms with Crippen molar-refractivity contribution in [2.45, 2.75) is 0 Å². The molecule has 0 unspecified atom stereocenters. The van der Waals surface area contributed by atoms with E-state index in [-0.39, 0.29) is 5.75 Å². The highest BCUT2D eigenvalue weighted by Gasteiger charge is 2.19. The quantitative estimate of drug-likeness (QED) is 0.631. The predicted molar refractivity (Wildman–Crippen MR) is 64.3 cm³/mol. The number of carbonyl (C=O) groups is 1. The summed E-state index contributed by atoms with van der Waals surface area (Å²) in [7, 11) is 1.50. The zero-order valence-electron chi connectivity index (χ0n) is 10.0. The molecule has 0 spiro atoms. The van der Waals surface area contributed by atoms with Crippen molar-refractivity contribution in [3.8, 4) is 11.5 Å². The molecule has 0 fully saturated rings. The minimum absolute atomic E-state index is 0.174. The van der Waals surface area contributed by atoms with Crippen LogP contribution in [0, 0.1) is 11.6 Å². The zero-order chi connectivity index (χ0) is 13.8. The van der Waals surface area contributed by atoms with Gasteiger partial charge in [0.15, 0.2) is 0 Å². The standard InChI is InChI=1S/C14H10F2O3/c1-18-9-5-7-10(8-6-9)19-14(17)13-11(15)3-2-4-12(13)16/h2-8H,1H3. The van der Waals surface area contributed by atoms with Gasteiger partial charge in [0.25, 0.3) is 0 Å². The van der Waals surface area contributed by atoms with Crippen LogP contribution in [0.5, 0.6) is 11.5 Å². The van der Waals surface area contributed by atoms with E-state index in [1.54, 1.807) is 12.1 Å². The molecule has 5 heteroatoms. The Morgan fingerprint density at radius 3 is 2.00 bits per heavy atom. The first-order valence-corrected chi connectivity index (χ1v) is 5.42. The second kappa shape index (κ2) is 5.48. The molecule has 0 amide bonds. The van der Waals surface area contributed by atoms with E-state index in [0.29, 0.717) is 5.75 Å². The fourth-order valence-corrected chi connectivity index (χ4v) is 1.49. The van der Waals surface area contributed by atoms with Gasteiger partial charge in [0.1, 0.15) is 28.7 Å². The summed E-state index contributed by atoms with van der Waals surface area (Å²) in [6.07, 6.45) is 0. The maximum Gasteiger partial charge on any atom is 0.349 e. The Labute approximate surface area is 108 Å². The Balaban J connectivity index is 2.21. The highest BCUT2D eigenvalue weighted by atomic mass is 19.1. The molecule has 0 atom stereocenters. The number of benzene rings is 2. The highest BCUT2D eigenvalue weighted by Crippen LogP contribution is 2.20. The van der Waals surface area contributed by atoms with Crippen LogP contribution in [0.1, 0.15) is 10.4 Å². The third-order valence-electron chi connectivity index (χ3n) is 2.44. The normalized spacial score (nSPS) is 10.1. The highest BCUT2D eigenvalue weighted by molar-refractivity contribution is 5.91. The van der Waals surface area contributed by atoms with Gasteiger partial charge in [0.05, 0.1) is 7.11 Å². The monoisotopic (exact) mass is 264 g/mol. The van der Waals surface area contributed by atoms with Crippen molar-refractivity contribution in [2.24, 2.45) is 0 Å². The molecule has 0 aromatic heterocycles. The lowest BCUT2D eigenvalue weighted by atomic mass is 10.2. The van der Waals surface area contributed by atoms with Gasteiger partial charge in [-0.05, 0) is 36.4 Å². The van der Waals surface area contributed by atoms with Crippen LogP contribution in [0.2, 0.25) is 0 Å². The molecule has 0 aliphatic rings. The number of ether oxygens (including phenoxy) is 2. The number of esters is 1. The Bertz CT molecular complexity index is 574. The molecule has 2 rings (SSSR count). The Morgan fingerprint density at radius 1 is 0.947 bits per heavy atom. The van der Waals surface area contributed by atoms with Crippen molar-refractivity contribution in [3.63, 3.8) is 0 Å². The molecule has 0 bridgehead atoms. The van der Waals surface area contributed by atoms with Crippen molar-refractivity contribution in [1.82, 2.24) is 0 Å². The van der Waals surface area contributed by atoms with Crippen molar-refractivity contribution >= 4 is 5.97 Å². The number of methoxy groups -OCH3 is 1. The lowest BCUT2D eigenvalue weighted by Crippen LogP contribution is -2.13. The molecule has 3 nitrogen and oxygen atoms in total. The summed E-state index contributed by atoms with van der Waals surface area (Å²) in [6.45, 7) is 0. The van der Waals surface area contributed by atoms with Crippen LogP contribution in [0.15, 0.2) is 42.5 Å². The zero-order valence-corrected chi connectivity index (χ0v) is 10.0. The average Bonchev–Trinajstić information content (AvgIpc) is 2.39.